The summed E-state index contributed by atoms with van der Waals surface area (Å²) in [7, 11) is 1.68. The van der Waals surface area contributed by atoms with Gasteiger partial charge >= 0.3 is 0 Å². The maximum Gasteiger partial charge on any atom is 0.267 e. The third-order valence-corrected chi connectivity index (χ3v) is 3.91. The lowest BCUT2D eigenvalue weighted by atomic mass is 10.0. The Bertz CT molecular complexity index is 528. The summed E-state index contributed by atoms with van der Waals surface area (Å²) in [6.45, 7) is 1.77. The van der Waals surface area contributed by atoms with Crippen molar-refractivity contribution in [2.24, 2.45) is 0 Å². The minimum Gasteiger partial charge on any atom is -0.485 e. The molecule has 0 aliphatic carbocycles. The van der Waals surface area contributed by atoms with Crippen LogP contribution in [0.15, 0.2) is 24.3 Å². The second kappa shape index (κ2) is 5.54. The highest BCUT2D eigenvalue weighted by Crippen LogP contribution is 2.31. The molecule has 3 rings (SSSR count). The summed E-state index contributed by atoms with van der Waals surface area (Å²) in [6.07, 6.45) is -0.0157. The molecule has 114 valence electrons. The first-order valence-corrected chi connectivity index (χ1v) is 7.14. The summed E-state index contributed by atoms with van der Waals surface area (Å²) < 4.78 is 11.3. The van der Waals surface area contributed by atoms with Crippen LogP contribution in [0.4, 0.5) is 0 Å². The zero-order chi connectivity index (χ0) is 14.9. The number of para-hydroxylation sites is 2. The summed E-state index contributed by atoms with van der Waals surface area (Å²) in [5, 5.41) is 13.4. The highest BCUT2D eigenvalue weighted by molar-refractivity contribution is 5.81. The van der Waals surface area contributed by atoms with Crippen LogP contribution < -0.4 is 14.8 Å². The van der Waals surface area contributed by atoms with Crippen LogP contribution in [0.2, 0.25) is 0 Å². The predicted octanol–water partition coefficient (Wildman–Crippen LogP) is 0.00920. The zero-order valence-electron chi connectivity index (χ0n) is 12.0. The molecule has 0 bridgehead atoms. The number of hydrogen-bond acceptors (Lipinski definition) is 5. The molecular weight excluding hydrogens is 272 g/mol. The Morgan fingerprint density at radius 3 is 2.95 bits per heavy atom. The van der Waals surface area contributed by atoms with Crippen LogP contribution >= 0.6 is 0 Å². The number of fused-ring (bicyclic) bond motifs is 1. The average Bonchev–Trinajstić information content (AvgIpc) is 2.92. The minimum absolute atomic E-state index is 0.176. The number of amides is 1. The van der Waals surface area contributed by atoms with Crippen molar-refractivity contribution in [1.29, 1.82) is 0 Å². The molecule has 2 heterocycles. The molecule has 0 saturated carbocycles. The average molecular weight is 292 g/mol. The van der Waals surface area contributed by atoms with Crippen molar-refractivity contribution >= 4 is 5.91 Å². The maximum atomic E-state index is 12.4. The van der Waals surface area contributed by atoms with Gasteiger partial charge in [-0.25, -0.2) is 0 Å². The van der Waals surface area contributed by atoms with E-state index in [-0.39, 0.29) is 12.5 Å². The van der Waals surface area contributed by atoms with Crippen LogP contribution in [0.3, 0.4) is 0 Å². The maximum absolute atomic E-state index is 12.4. The lowest BCUT2D eigenvalue weighted by molar-refractivity contribution is -0.142. The molecule has 21 heavy (non-hydrogen) atoms. The Labute approximate surface area is 123 Å². The Morgan fingerprint density at radius 1 is 1.48 bits per heavy atom. The van der Waals surface area contributed by atoms with Crippen LogP contribution in [-0.4, -0.2) is 60.9 Å². The van der Waals surface area contributed by atoms with E-state index in [9.17, 15) is 9.90 Å². The molecule has 1 aromatic carbocycles. The number of carbonyl (C=O) groups excluding carboxylic acids is 1. The monoisotopic (exact) mass is 292 g/mol. The van der Waals surface area contributed by atoms with E-state index in [4.69, 9.17) is 9.47 Å². The molecule has 0 spiro atoms. The molecule has 1 saturated heterocycles. The summed E-state index contributed by atoms with van der Waals surface area (Å²) in [4.78, 5) is 14.0. The quantitative estimate of drug-likeness (QED) is 0.821. The number of carbonyl (C=O) groups is 1. The molecule has 0 aromatic heterocycles. The van der Waals surface area contributed by atoms with Gasteiger partial charge in [0.25, 0.3) is 5.91 Å². The van der Waals surface area contributed by atoms with E-state index in [1.54, 1.807) is 13.1 Å². The van der Waals surface area contributed by atoms with Crippen LogP contribution in [0.25, 0.3) is 0 Å². The Balaban J connectivity index is 1.63. The highest BCUT2D eigenvalue weighted by atomic mass is 16.6. The third-order valence-electron chi connectivity index (χ3n) is 3.91. The number of nitrogens with zero attached hydrogens (tertiary/aromatic N) is 1. The summed E-state index contributed by atoms with van der Waals surface area (Å²) in [5.41, 5.74) is -0.849. The molecular formula is C15H20N2O4. The number of hydrogen-bond donors (Lipinski definition) is 2. The van der Waals surface area contributed by atoms with E-state index in [2.05, 4.69) is 5.32 Å². The normalized spacial score (nSPS) is 27.4. The predicted molar refractivity (Wildman–Crippen MR) is 76.4 cm³/mol. The molecule has 2 N–H and O–H groups in total. The van der Waals surface area contributed by atoms with Gasteiger partial charge in [-0.15, -0.1) is 0 Å². The van der Waals surface area contributed by atoms with Crippen molar-refractivity contribution < 1.29 is 19.4 Å². The van der Waals surface area contributed by atoms with Gasteiger partial charge < -0.3 is 24.8 Å². The minimum atomic E-state index is -0.849. The largest absolute Gasteiger partial charge is 0.485 e. The number of β-amino-alcohol motifs (C(OH)–C–C–N with tert-alkyl or cyclic N) is 1. The SMILES string of the molecule is CN(CC1(O)CCNC1)C(=O)C1COc2ccccc2O1. The number of aliphatic hydroxyl groups is 1. The third kappa shape index (κ3) is 2.96. The number of likely N-dealkylation sites (N-methyl/N-ethyl adjacent to an activating group) is 1. The standard InChI is InChI=1S/C15H20N2O4/c1-17(10-15(19)6-7-16-9-15)14(18)13-8-20-11-4-2-3-5-12(11)21-13/h2-5,13,16,19H,6-10H2,1H3. The van der Waals surface area contributed by atoms with Crippen molar-refractivity contribution in [2.45, 2.75) is 18.1 Å². The van der Waals surface area contributed by atoms with E-state index in [1.807, 2.05) is 18.2 Å². The highest BCUT2D eigenvalue weighted by Gasteiger charge is 2.36. The van der Waals surface area contributed by atoms with Crippen molar-refractivity contribution in [1.82, 2.24) is 10.2 Å². The van der Waals surface area contributed by atoms with Crippen molar-refractivity contribution in [3.05, 3.63) is 24.3 Å². The molecule has 2 aliphatic heterocycles. The fraction of sp³-hybridized carbons (Fsp3) is 0.533. The van der Waals surface area contributed by atoms with Gasteiger partial charge in [-0.3, -0.25) is 4.79 Å². The van der Waals surface area contributed by atoms with Crippen LogP contribution in [0, 0.1) is 0 Å². The number of ether oxygens (including phenoxy) is 2. The summed E-state index contributed by atoms with van der Waals surface area (Å²) in [6, 6.07) is 7.29. The van der Waals surface area contributed by atoms with Crippen molar-refractivity contribution in [2.75, 3.05) is 33.3 Å². The zero-order valence-corrected chi connectivity index (χ0v) is 12.0. The molecule has 2 unspecified atom stereocenters. The topological polar surface area (TPSA) is 71.0 Å². The van der Waals surface area contributed by atoms with Gasteiger partial charge in [0.15, 0.2) is 11.5 Å². The lowest BCUT2D eigenvalue weighted by Gasteiger charge is -2.32. The molecule has 1 fully saturated rings. The van der Waals surface area contributed by atoms with E-state index >= 15 is 0 Å². The molecule has 6 heteroatoms. The fourth-order valence-corrected chi connectivity index (χ4v) is 2.77. The van der Waals surface area contributed by atoms with Crippen molar-refractivity contribution in [3.8, 4) is 11.5 Å². The number of benzene rings is 1. The first-order chi connectivity index (χ1) is 10.1. The second-order valence-electron chi connectivity index (χ2n) is 5.71. The molecule has 0 radical (unpaired) electrons. The van der Waals surface area contributed by atoms with Gasteiger partial charge in [0.05, 0.1) is 12.1 Å². The van der Waals surface area contributed by atoms with Gasteiger partial charge in [-0.2, -0.15) is 0 Å². The van der Waals surface area contributed by atoms with Gasteiger partial charge in [0.1, 0.15) is 6.61 Å². The molecule has 1 aromatic rings. The first-order valence-electron chi connectivity index (χ1n) is 7.14. The van der Waals surface area contributed by atoms with Gasteiger partial charge in [-0.1, -0.05) is 12.1 Å². The van der Waals surface area contributed by atoms with E-state index < -0.39 is 11.7 Å². The van der Waals surface area contributed by atoms with Gasteiger partial charge in [0.2, 0.25) is 6.10 Å². The molecule has 2 atom stereocenters. The molecule has 2 aliphatic rings. The molecule has 6 nitrogen and oxygen atoms in total. The molecule has 1 amide bonds. The van der Waals surface area contributed by atoms with Gasteiger partial charge in [0, 0.05) is 13.6 Å². The number of rotatable bonds is 3. The first kappa shape index (κ1) is 14.2. The van der Waals surface area contributed by atoms with Crippen LogP contribution in [-0.2, 0) is 4.79 Å². The Kier molecular flexibility index (Phi) is 3.73. The second-order valence-corrected chi connectivity index (χ2v) is 5.71. The van der Waals surface area contributed by atoms with E-state index in [0.717, 1.165) is 6.54 Å². The smallest absolute Gasteiger partial charge is 0.267 e. The number of nitrogens with one attached hydrogen (secondary N) is 1. The van der Waals surface area contributed by atoms with E-state index in [1.165, 1.54) is 4.90 Å². The Morgan fingerprint density at radius 2 is 2.24 bits per heavy atom. The fourth-order valence-electron chi connectivity index (χ4n) is 2.77. The lowest BCUT2D eigenvalue weighted by Crippen LogP contribution is -2.51. The van der Waals surface area contributed by atoms with E-state index in [0.29, 0.717) is 31.0 Å². The van der Waals surface area contributed by atoms with Crippen molar-refractivity contribution in [3.63, 3.8) is 0 Å². The summed E-state index contributed by atoms with van der Waals surface area (Å²) >= 11 is 0. The summed E-state index contributed by atoms with van der Waals surface area (Å²) in [5.74, 6) is 1.06. The Hall–Kier alpha value is -1.79. The van der Waals surface area contributed by atoms with Crippen LogP contribution in [0.1, 0.15) is 6.42 Å². The van der Waals surface area contributed by atoms with Crippen LogP contribution in [0.5, 0.6) is 11.5 Å². The van der Waals surface area contributed by atoms with Gasteiger partial charge in [-0.05, 0) is 25.1 Å².